The molecule has 1 unspecified atom stereocenters. The summed E-state index contributed by atoms with van der Waals surface area (Å²) in [5.41, 5.74) is 2.35. The summed E-state index contributed by atoms with van der Waals surface area (Å²) in [6.07, 6.45) is -0.000677. The molecule has 0 amide bonds. The molecule has 1 N–H and O–H groups in total. The van der Waals surface area contributed by atoms with Gasteiger partial charge in [0.2, 0.25) is 0 Å². The maximum atomic E-state index is 12.6. The number of nitrogens with one attached hydrogen (secondary N) is 1. The number of Topliss-reactive ketones (excluding diaryl/α,β-unsaturated/α-hetero) is 1. The van der Waals surface area contributed by atoms with Crippen LogP contribution in [0.2, 0.25) is 0 Å². The van der Waals surface area contributed by atoms with Gasteiger partial charge in [-0.05, 0) is 45.0 Å². The first-order valence-corrected chi connectivity index (χ1v) is 6.96. The van der Waals surface area contributed by atoms with Crippen LogP contribution in [0.3, 0.4) is 0 Å². The summed E-state index contributed by atoms with van der Waals surface area (Å²) in [5.74, 6) is -0.0162. The van der Waals surface area contributed by atoms with E-state index in [9.17, 15) is 9.59 Å². The van der Waals surface area contributed by atoms with Crippen LogP contribution in [-0.2, 0) is 9.53 Å². The quantitative estimate of drug-likeness (QED) is 0.615. The summed E-state index contributed by atoms with van der Waals surface area (Å²) in [4.78, 5) is 24.2. The predicted molar refractivity (Wildman–Crippen MR) is 80.9 cm³/mol. The molecule has 1 rings (SSSR count). The molecule has 0 saturated heterocycles. The largest absolute Gasteiger partial charge is 0.496 e. The second-order valence-electron chi connectivity index (χ2n) is 4.88. The van der Waals surface area contributed by atoms with Gasteiger partial charge in [-0.1, -0.05) is 6.07 Å². The maximum absolute atomic E-state index is 12.6. The lowest BCUT2D eigenvalue weighted by molar-refractivity contribution is -0.143. The molecule has 5 heteroatoms. The third kappa shape index (κ3) is 4.29. The Morgan fingerprint density at radius 3 is 2.48 bits per heavy atom. The molecule has 1 atom stereocenters. The van der Waals surface area contributed by atoms with E-state index in [1.807, 2.05) is 19.9 Å². The first-order chi connectivity index (χ1) is 9.94. The van der Waals surface area contributed by atoms with Gasteiger partial charge < -0.3 is 14.8 Å². The Morgan fingerprint density at radius 1 is 1.29 bits per heavy atom. The third-order valence-electron chi connectivity index (χ3n) is 3.23. The Balaban J connectivity index is 3.07. The molecule has 0 aliphatic carbocycles. The van der Waals surface area contributed by atoms with Gasteiger partial charge in [0.1, 0.15) is 5.75 Å². The van der Waals surface area contributed by atoms with Gasteiger partial charge in [0.15, 0.2) is 5.78 Å². The van der Waals surface area contributed by atoms with E-state index in [0.717, 1.165) is 11.1 Å². The monoisotopic (exact) mass is 293 g/mol. The molecule has 0 bridgehead atoms. The van der Waals surface area contributed by atoms with Crippen molar-refractivity contribution in [1.82, 2.24) is 5.32 Å². The zero-order valence-corrected chi connectivity index (χ0v) is 13.3. The minimum Gasteiger partial charge on any atom is -0.496 e. The summed E-state index contributed by atoms with van der Waals surface area (Å²) >= 11 is 0. The molecule has 0 fully saturated rings. The summed E-state index contributed by atoms with van der Waals surface area (Å²) < 4.78 is 10.2. The van der Waals surface area contributed by atoms with Gasteiger partial charge in [0.25, 0.3) is 0 Å². The Labute approximate surface area is 125 Å². The maximum Gasteiger partial charge on any atom is 0.307 e. The van der Waals surface area contributed by atoms with Crippen LogP contribution in [-0.4, -0.2) is 38.6 Å². The fourth-order valence-corrected chi connectivity index (χ4v) is 2.31. The average molecular weight is 293 g/mol. The van der Waals surface area contributed by atoms with Crippen molar-refractivity contribution in [3.05, 3.63) is 28.8 Å². The van der Waals surface area contributed by atoms with Crippen molar-refractivity contribution in [3.8, 4) is 5.75 Å². The fourth-order valence-electron chi connectivity index (χ4n) is 2.31. The van der Waals surface area contributed by atoms with E-state index in [1.165, 1.54) is 7.11 Å². The van der Waals surface area contributed by atoms with Gasteiger partial charge in [0.05, 0.1) is 31.7 Å². The highest BCUT2D eigenvalue weighted by molar-refractivity contribution is 6.04. The number of benzene rings is 1. The normalized spacial score (nSPS) is 11.9. The number of carbonyl (C=O) groups is 2. The van der Waals surface area contributed by atoms with Gasteiger partial charge in [-0.15, -0.1) is 0 Å². The molecule has 5 nitrogen and oxygen atoms in total. The molecule has 0 aliphatic rings. The number of methoxy groups -OCH3 is 1. The molecule has 1 aromatic rings. The molecule has 21 heavy (non-hydrogen) atoms. The van der Waals surface area contributed by atoms with Gasteiger partial charge >= 0.3 is 5.97 Å². The van der Waals surface area contributed by atoms with E-state index in [4.69, 9.17) is 9.47 Å². The number of aryl methyl sites for hydroxylation is 2. The smallest absolute Gasteiger partial charge is 0.307 e. The van der Waals surface area contributed by atoms with Crippen molar-refractivity contribution in [3.63, 3.8) is 0 Å². The summed E-state index contributed by atoms with van der Waals surface area (Å²) in [7, 11) is 3.19. The Morgan fingerprint density at radius 2 is 1.95 bits per heavy atom. The van der Waals surface area contributed by atoms with Crippen molar-refractivity contribution >= 4 is 11.8 Å². The van der Waals surface area contributed by atoms with E-state index in [2.05, 4.69) is 5.32 Å². The number of likely N-dealkylation sites (N-methyl/N-ethyl adjacent to an activating group) is 1. The van der Waals surface area contributed by atoms with Crippen LogP contribution in [0.25, 0.3) is 0 Å². The summed E-state index contributed by atoms with van der Waals surface area (Å²) in [5, 5.41) is 2.87. The molecule has 1 aromatic carbocycles. The highest BCUT2D eigenvalue weighted by Gasteiger charge is 2.25. The summed E-state index contributed by atoms with van der Waals surface area (Å²) in [6.45, 7) is 5.85. The summed E-state index contributed by atoms with van der Waals surface area (Å²) in [6, 6.07) is 3.11. The van der Waals surface area contributed by atoms with Crippen molar-refractivity contribution in [2.24, 2.45) is 0 Å². The minimum atomic E-state index is -0.626. The molecular weight excluding hydrogens is 270 g/mol. The molecule has 0 spiro atoms. The Bertz CT molecular complexity index is 525. The van der Waals surface area contributed by atoms with E-state index in [1.54, 1.807) is 20.0 Å². The van der Waals surface area contributed by atoms with E-state index < -0.39 is 12.0 Å². The molecular formula is C16H23NO4. The number of ketones is 1. The predicted octanol–water partition coefficient (Wildman–Crippen LogP) is 2.04. The van der Waals surface area contributed by atoms with Crippen molar-refractivity contribution in [1.29, 1.82) is 0 Å². The molecule has 0 radical (unpaired) electrons. The van der Waals surface area contributed by atoms with Crippen molar-refractivity contribution < 1.29 is 19.1 Å². The fraction of sp³-hybridized carbons (Fsp3) is 0.500. The van der Waals surface area contributed by atoms with Gasteiger partial charge in [-0.25, -0.2) is 0 Å². The van der Waals surface area contributed by atoms with Crippen molar-refractivity contribution in [2.75, 3.05) is 20.8 Å². The van der Waals surface area contributed by atoms with Crippen molar-refractivity contribution in [2.45, 2.75) is 33.2 Å². The highest BCUT2D eigenvalue weighted by Crippen LogP contribution is 2.26. The number of carbonyl (C=O) groups excluding carboxylic acids is 2. The second-order valence-corrected chi connectivity index (χ2v) is 4.88. The van der Waals surface area contributed by atoms with E-state index in [-0.39, 0.29) is 12.2 Å². The first-order valence-electron chi connectivity index (χ1n) is 6.96. The van der Waals surface area contributed by atoms with Gasteiger partial charge in [0, 0.05) is 0 Å². The lowest BCUT2D eigenvalue weighted by atomic mass is 9.96. The first kappa shape index (κ1) is 17.2. The van der Waals surface area contributed by atoms with Gasteiger partial charge in [-0.3, -0.25) is 9.59 Å². The van der Waals surface area contributed by atoms with Crippen LogP contribution in [0.5, 0.6) is 5.75 Å². The number of hydrogen-bond acceptors (Lipinski definition) is 5. The topological polar surface area (TPSA) is 64.6 Å². The molecule has 0 heterocycles. The van der Waals surface area contributed by atoms with Crippen LogP contribution in [0.1, 0.15) is 34.8 Å². The van der Waals surface area contributed by atoms with Crippen LogP contribution in [0.15, 0.2) is 12.1 Å². The SMILES string of the molecule is CCOC(=O)CC(NC)C(=O)c1cc(C)cc(C)c1OC. The number of ether oxygens (including phenoxy) is 2. The zero-order valence-electron chi connectivity index (χ0n) is 13.3. The average Bonchev–Trinajstić information content (AvgIpc) is 2.43. The minimum absolute atomic E-state index is 0.000677. The van der Waals surface area contributed by atoms with Crippen LogP contribution < -0.4 is 10.1 Å². The van der Waals surface area contributed by atoms with Crippen LogP contribution >= 0.6 is 0 Å². The zero-order chi connectivity index (χ0) is 16.0. The van der Waals surface area contributed by atoms with E-state index >= 15 is 0 Å². The number of hydrogen-bond donors (Lipinski definition) is 1. The molecule has 0 saturated carbocycles. The number of esters is 1. The molecule has 0 aliphatic heterocycles. The lowest BCUT2D eigenvalue weighted by Gasteiger charge is -2.17. The van der Waals surface area contributed by atoms with Crippen LogP contribution in [0, 0.1) is 13.8 Å². The lowest BCUT2D eigenvalue weighted by Crippen LogP contribution is -2.37. The Hall–Kier alpha value is -1.88. The standard InChI is InChI=1S/C16H23NO4/c1-6-21-14(18)9-13(17-4)15(19)12-8-10(2)7-11(3)16(12)20-5/h7-8,13,17H,6,9H2,1-5H3. The second kappa shape index (κ2) is 7.78. The molecule has 0 aromatic heterocycles. The third-order valence-corrected chi connectivity index (χ3v) is 3.23. The number of rotatable bonds is 7. The Kier molecular flexibility index (Phi) is 6.37. The molecule has 116 valence electrons. The van der Waals surface area contributed by atoms with E-state index in [0.29, 0.717) is 17.9 Å². The van der Waals surface area contributed by atoms with Gasteiger partial charge in [-0.2, -0.15) is 0 Å². The van der Waals surface area contributed by atoms with Crippen LogP contribution in [0.4, 0.5) is 0 Å². The highest BCUT2D eigenvalue weighted by atomic mass is 16.5.